The lowest BCUT2D eigenvalue weighted by molar-refractivity contribution is 0.0937. The molecule has 0 aliphatic carbocycles. The number of thiazole rings is 1. The van der Waals surface area contributed by atoms with Gasteiger partial charge in [0.25, 0.3) is 5.91 Å². The summed E-state index contributed by atoms with van der Waals surface area (Å²) in [4.78, 5) is 17.4. The second-order valence-corrected chi connectivity index (χ2v) is 6.39. The second kappa shape index (κ2) is 7.60. The van der Waals surface area contributed by atoms with Crippen molar-refractivity contribution < 1.29 is 4.79 Å². The van der Waals surface area contributed by atoms with Gasteiger partial charge in [-0.2, -0.15) is 0 Å². The van der Waals surface area contributed by atoms with E-state index in [1.165, 1.54) is 11.3 Å². The standard InChI is InChI=1S/C14H25N3OS/c1-5-6-12-16-10(4)13(19-12)14(18)17-11(8-15)7-9(2)3/h9,11H,5-8,15H2,1-4H3,(H,17,18). The van der Waals surface area contributed by atoms with Crippen LogP contribution in [0.2, 0.25) is 0 Å². The Bertz CT molecular complexity index is 415. The van der Waals surface area contributed by atoms with Crippen molar-refractivity contribution in [3.63, 3.8) is 0 Å². The number of amides is 1. The summed E-state index contributed by atoms with van der Waals surface area (Å²) in [6.45, 7) is 8.75. The van der Waals surface area contributed by atoms with Gasteiger partial charge in [0.2, 0.25) is 0 Å². The molecule has 19 heavy (non-hydrogen) atoms. The van der Waals surface area contributed by atoms with Crippen LogP contribution in [0.5, 0.6) is 0 Å². The number of aromatic nitrogens is 1. The molecular formula is C14H25N3OS. The van der Waals surface area contributed by atoms with Crippen molar-refractivity contribution >= 4 is 17.2 Å². The van der Waals surface area contributed by atoms with Gasteiger partial charge in [-0.1, -0.05) is 20.8 Å². The van der Waals surface area contributed by atoms with Gasteiger partial charge >= 0.3 is 0 Å². The van der Waals surface area contributed by atoms with Crippen LogP contribution in [0.4, 0.5) is 0 Å². The highest BCUT2D eigenvalue weighted by Gasteiger charge is 2.18. The molecule has 3 N–H and O–H groups in total. The molecule has 0 saturated heterocycles. The van der Waals surface area contributed by atoms with Crippen LogP contribution < -0.4 is 11.1 Å². The summed E-state index contributed by atoms with van der Waals surface area (Å²) >= 11 is 1.50. The van der Waals surface area contributed by atoms with Crippen molar-refractivity contribution in [1.29, 1.82) is 0 Å². The topological polar surface area (TPSA) is 68.0 Å². The van der Waals surface area contributed by atoms with Gasteiger partial charge in [0, 0.05) is 12.6 Å². The highest BCUT2D eigenvalue weighted by atomic mass is 32.1. The van der Waals surface area contributed by atoms with Gasteiger partial charge in [0.05, 0.1) is 10.7 Å². The fourth-order valence-electron chi connectivity index (χ4n) is 2.02. The zero-order valence-electron chi connectivity index (χ0n) is 12.3. The number of nitrogens with zero attached hydrogens (tertiary/aromatic N) is 1. The third-order valence-electron chi connectivity index (χ3n) is 2.89. The first-order valence-corrected chi connectivity index (χ1v) is 7.76. The van der Waals surface area contributed by atoms with Gasteiger partial charge in [-0.25, -0.2) is 4.98 Å². The average Bonchev–Trinajstić information content (AvgIpc) is 2.69. The molecule has 4 nitrogen and oxygen atoms in total. The molecule has 0 aliphatic heterocycles. The van der Waals surface area contributed by atoms with Crippen molar-refractivity contribution in [2.75, 3.05) is 6.54 Å². The monoisotopic (exact) mass is 283 g/mol. The van der Waals surface area contributed by atoms with Gasteiger partial charge < -0.3 is 11.1 Å². The molecule has 0 spiro atoms. The Morgan fingerprint density at radius 2 is 2.16 bits per heavy atom. The van der Waals surface area contributed by atoms with Crippen LogP contribution in [0.15, 0.2) is 0 Å². The number of hydrogen-bond donors (Lipinski definition) is 2. The summed E-state index contributed by atoms with van der Waals surface area (Å²) in [5, 5.41) is 4.06. The molecule has 108 valence electrons. The third-order valence-corrected chi connectivity index (χ3v) is 4.10. The molecule has 0 radical (unpaired) electrons. The van der Waals surface area contributed by atoms with E-state index in [1.807, 2.05) is 6.92 Å². The summed E-state index contributed by atoms with van der Waals surface area (Å²) in [5.74, 6) is 0.487. The maximum Gasteiger partial charge on any atom is 0.263 e. The molecule has 0 aliphatic rings. The molecule has 1 rings (SSSR count). The Morgan fingerprint density at radius 3 is 2.68 bits per heavy atom. The predicted octanol–water partition coefficient (Wildman–Crippen LogP) is 2.51. The largest absolute Gasteiger partial charge is 0.347 e. The summed E-state index contributed by atoms with van der Waals surface area (Å²) in [7, 11) is 0. The first kappa shape index (κ1) is 16.1. The van der Waals surface area contributed by atoms with E-state index in [4.69, 9.17) is 5.73 Å². The second-order valence-electron chi connectivity index (χ2n) is 5.31. The van der Waals surface area contributed by atoms with Crippen LogP contribution in [0.3, 0.4) is 0 Å². The Balaban J connectivity index is 2.71. The van der Waals surface area contributed by atoms with Crippen LogP contribution >= 0.6 is 11.3 Å². The maximum atomic E-state index is 12.2. The van der Waals surface area contributed by atoms with Crippen LogP contribution in [0.25, 0.3) is 0 Å². The predicted molar refractivity (Wildman–Crippen MR) is 80.6 cm³/mol. The number of rotatable bonds is 7. The van der Waals surface area contributed by atoms with Gasteiger partial charge in [0.1, 0.15) is 4.88 Å². The molecule has 1 aromatic rings. The molecule has 5 heteroatoms. The molecule has 1 atom stereocenters. The highest BCUT2D eigenvalue weighted by molar-refractivity contribution is 7.13. The summed E-state index contributed by atoms with van der Waals surface area (Å²) in [6, 6.07) is 0.0450. The highest BCUT2D eigenvalue weighted by Crippen LogP contribution is 2.19. The number of carbonyl (C=O) groups excluding carboxylic acids is 1. The van der Waals surface area contributed by atoms with E-state index in [0.29, 0.717) is 12.5 Å². The van der Waals surface area contributed by atoms with Gasteiger partial charge in [-0.15, -0.1) is 11.3 Å². The number of aryl methyl sites for hydroxylation is 2. The Labute approximate surface area is 119 Å². The smallest absolute Gasteiger partial charge is 0.263 e. The van der Waals surface area contributed by atoms with Crippen molar-refractivity contribution in [1.82, 2.24) is 10.3 Å². The average molecular weight is 283 g/mol. The lowest BCUT2D eigenvalue weighted by Crippen LogP contribution is -2.41. The summed E-state index contributed by atoms with van der Waals surface area (Å²) in [5.41, 5.74) is 6.54. The Hall–Kier alpha value is -0.940. The van der Waals surface area contributed by atoms with Crippen LogP contribution in [-0.4, -0.2) is 23.5 Å². The minimum atomic E-state index is -0.0338. The third kappa shape index (κ3) is 4.91. The quantitative estimate of drug-likeness (QED) is 0.808. The molecule has 1 unspecified atom stereocenters. The number of hydrogen-bond acceptors (Lipinski definition) is 4. The fraction of sp³-hybridized carbons (Fsp3) is 0.714. The van der Waals surface area contributed by atoms with Crippen LogP contribution in [0, 0.1) is 12.8 Å². The molecule has 1 heterocycles. The van der Waals surface area contributed by atoms with E-state index in [-0.39, 0.29) is 11.9 Å². The number of carbonyl (C=O) groups is 1. The zero-order chi connectivity index (χ0) is 14.4. The molecule has 0 saturated carbocycles. The van der Waals surface area contributed by atoms with Crippen LogP contribution in [0.1, 0.15) is 54.0 Å². The molecule has 1 amide bonds. The van der Waals surface area contributed by atoms with Crippen LogP contribution in [-0.2, 0) is 6.42 Å². The summed E-state index contributed by atoms with van der Waals surface area (Å²) < 4.78 is 0. The van der Waals surface area contributed by atoms with E-state index in [2.05, 4.69) is 31.1 Å². The van der Waals surface area contributed by atoms with Crippen molar-refractivity contribution in [3.8, 4) is 0 Å². The maximum absolute atomic E-state index is 12.2. The SMILES string of the molecule is CCCc1nc(C)c(C(=O)NC(CN)CC(C)C)s1. The van der Waals surface area contributed by atoms with E-state index in [0.717, 1.165) is 34.8 Å². The molecule has 0 bridgehead atoms. The Morgan fingerprint density at radius 1 is 1.47 bits per heavy atom. The zero-order valence-corrected chi connectivity index (χ0v) is 13.1. The van der Waals surface area contributed by atoms with Crippen molar-refractivity contribution in [2.45, 2.75) is 53.0 Å². The van der Waals surface area contributed by atoms with E-state index < -0.39 is 0 Å². The number of nitrogens with one attached hydrogen (secondary N) is 1. The molecule has 0 fully saturated rings. The fourth-order valence-corrected chi connectivity index (χ4v) is 3.09. The number of nitrogens with two attached hydrogens (primary N) is 1. The molecule has 1 aromatic heterocycles. The molecular weight excluding hydrogens is 258 g/mol. The Kier molecular flexibility index (Phi) is 6.45. The van der Waals surface area contributed by atoms with E-state index in [1.54, 1.807) is 0 Å². The first-order chi connectivity index (χ1) is 8.97. The van der Waals surface area contributed by atoms with Gasteiger partial charge in [0.15, 0.2) is 0 Å². The lowest BCUT2D eigenvalue weighted by atomic mass is 10.0. The van der Waals surface area contributed by atoms with Crippen molar-refractivity contribution in [3.05, 3.63) is 15.6 Å². The van der Waals surface area contributed by atoms with E-state index in [9.17, 15) is 4.79 Å². The van der Waals surface area contributed by atoms with Gasteiger partial charge in [-0.05, 0) is 32.1 Å². The van der Waals surface area contributed by atoms with Crippen molar-refractivity contribution in [2.24, 2.45) is 11.7 Å². The minimum absolute atomic E-state index is 0.0338. The van der Waals surface area contributed by atoms with Gasteiger partial charge in [-0.3, -0.25) is 4.79 Å². The first-order valence-electron chi connectivity index (χ1n) is 6.95. The lowest BCUT2D eigenvalue weighted by Gasteiger charge is -2.18. The summed E-state index contributed by atoms with van der Waals surface area (Å²) in [6.07, 6.45) is 2.89. The van der Waals surface area contributed by atoms with E-state index >= 15 is 0 Å². The normalized spacial score (nSPS) is 12.7. The minimum Gasteiger partial charge on any atom is -0.347 e. The molecule has 0 aromatic carbocycles.